The van der Waals surface area contributed by atoms with Crippen molar-refractivity contribution in [1.29, 1.82) is 0 Å². The summed E-state index contributed by atoms with van der Waals surface area (Å²) in [5.74, 6) is 2.57. The quantitative estimate of drug-likeness (QED) is 0.882. The molecule has 0 radical (unpaired) electrons. The Hall–Kier alpha value is -2.56. The van der Waals surface area contributed by atoms with E-state index in [4.69, 9.17) is 18.9 Å². The Kier molecular flexibility index (Phi) is 4.77. The molecule has 0 aliphatic carbocycles. The molecule has 1 N–H and O–H groups in total. The fourth-order valence-corrected chi connectivity index (χ4v) is 2.12. The molecule has 0 unspecified atom stereocenters. The molecule has 5 nitrogen and oxygen atoms in total. The summed E-state index contributed by atoms with van der Waals surface area (Å²) < 4.78 is 21.4. The minimum atomic E-state index is 0.630. The lowest BCUT2D eigenvalue weighted by Gasteiger charge is -2.17. The van der Waals surface area contributed by atoms with Gasteiger partial charge in [-0.25, -0.2) is 0 Å². The summed E-state index contributed by atoms with van der Waals surface area (Å²) in [5.41, 5.74) is 1.56. The van der Waals surface area contributed by atoms with Crippen LogP contribution in [-0.4, -0.2) is 28.4 Å². The lowest BCUT2D eigenvalue weighted by Crippen LogP contribution is -2.00. The van der Waals surface area contributed by atoms with Crippen molar-refractivity contribution in [3.05, 3.63) is 36.4 Å². The van der Waals surface area contributed by atoms with Crippen LogP contribution < -0.4 is 24.3 Å². The molecule has 2 rings (SSSR count). The van der Waals surface area contributed by atoms with Gasteiger partial charge in [0.2, 0.25) is 0 Å². The van der Waals surface area contributed by atoms with Gasteiger partial charge in [0.05, 0.1) is 39.8 Å². The second-order valence-electron chi connectivity index (χ2n) is 4.21. The summed E-state index contributed by atoms with van der Waals surface area (Å²) >= 11 is 0. The standard InChI is InChI=1S/C16H19NO4/c1-18-13-9-5-7-11(15(13)20-3)17-12-8-6-10-14(19-2)16(12)21-4/h5-10,17H,1-4H3. The van der Waals surface area contributed by atoms with Crippen LogP contribution in [0, 0.1) is 0 Å². The van der Waals surface area contributed by atoms with Crippen LogP contribution in [0.2, 0.25) is 0 Å². The number of rotatable bonds is 6. The van der Waals surface area contributed by atoms with Gasteiger partial charge in [0.25, 0.3) is 0 Å². The zero-order valence-electron chi connectivity index (χ0n) is 12.6. The maximum atomic E-state index is 5.41. The summed E-state index contributed by atoms with van der Waals surface area (Å²) in [5, 5.41) is 3.28. The highest BCUT2D eigenvalue weighted by Gasteiger charge is 2.14. The van der Waals surface area contributed by atoms with Crippen molar-refractivity contribution in [2.45, 2.75) is 0 Å². The Labute approximate surface area is 124 Å². The zero-order valence-corrected chi connectivity index (χ0v) is 12.6. The smallest absolute Gasteiger partial charge is 0.184 e. The Morgan fingerprint density at radius 3 is 1.38 bits per heavy atom. The second kappa shape index (κ2) is 6.74. The van der Waals surface area contributed by atoms with E-state index < -0.39 is 0 Å². The Bertz CT molecular complexity index is 560. The molecular formula is C16H19NO4. The average molecular weight is 289 g/mol. The summed E-state index contributed by atoms with van der Waals surface area (Å²) in [6.07, 6.45) is 0. The molecule has 2 aromatic carbocycles. The van der Waals surface area contributed by atoms with E-state index in [1.807, 2.05) is 36.4 Å². The SMILES string of the molecule is COc1cccc(Nc2cccc(OC)c2OC)c1OC. The van der Waals surface area contributed by atoms with Crippen LogP contribution in [0.4, 0.5) is 11.4 Å². The lowest BCUT2D eigenvalue weighted by atomic mass is 10.2. The van der Waals surface area contributed by atoms with Crippen LogP contribution in [0.1, 0.15) is 0 Å². The van der Waals surface area contributed by atoms with E-state index in [1.165, 1.54) is 0 Å². The predicted octanol–water partition coefficient (Wildman–Crippen LogP) is 3.46. The fourth-order valence-electron chi connectivity index (χ4n) is 2.12. The number of methoxy groups -OCH3 is 4. The van der Waals surface area contributed by atoms with E-state index in [0.717, 1.165) is 11.4 Å². The topological polar surface area (TPSA) is 49.0 Å². The molecule has 0 heterocycles. The van der Waals surface area contributed by atoms with Crippen LogP contribution in [0.15, 0.2) is 36.4 Å². The van der Waals surface area contributed by atoms with Gasteiger partial charge in [0.15, 0.2) is 23.0 Å². The minimum Gasteiger partial charge on any atom is -0.493 e. The third-order valence-corrected chi connectivity index (χ3v) is 3.08. The van der Waals surface area contributed by atoms with Crippen molar-refractivity contribution in [1.82, 2.24) is 0 Å². The van der Waals surface area contributed by atoms with Crippen molar-refractivity contribution in [2.24, 2.45) is 0 Å². The van der Waals surface area contributed by atoms with Gasteiger partial charge in [0, 0.05) is 0 Å². The third-order valence-electron chi connectivity index (χ3n) is 3.08. The van der Waals surface area contributed by atoms with E-state index in [2.05, 4.69) is 5.32 Å². The molecule has 0 amide bonds. The van der Waals surface area contributed by atoms with Crippen molar-refractivity contribution in [2.75, 3.05) is 33.8 Å². The lowest BCUT2D eigenvalue weighted by molar-refractivity contribution is 0.355. The number of hydrogen-bond acceptors (Lipinski definition) is 5. The Morgan fingerprint density at radius 1 is 0.619 bits per heavy atom. The highest BCUT2D eigenvalue weighted by Crippen LogP contribution is 2.41. The number of ether oxygens (including phenoxy) is 4. The van der Waals surface area contributed by atoms with Crippen molar-refractivity contribution in [3.63, 3.8) is 0 Å². The minimum absolute atomic E-state index is 0.630. The van der Waals surface area contributed by atoms with Crippen LogP contribution in [0.25, 0.3) is 0 Å². The van der Waals surface area contributed by atoms with Crippen LogP contribution in [0.5, 0.6) is 23.0 Å². The van der Waals surface area contributed by atoms with Crippen LogP contribution >= 0.6 is 0 Å². The molecule has 21 heavy (non-hydrogen) atoms. The van der Waals surface area contributed by atoms with Crippen LogP contribution in [0.3, 0.4) is 0 Å². The average Bonchev–Trinajstić information content (AvgIpc) is 2.54. The maximum Gasteiger partial charge on any atom is 0.184 e. The molecule has 2 aromatic rings. The number of para-hydroxylation sites is 2. The molecular weight excluding hydrogens is 270 g/mol. The molecule has 0 spiro atoms. The highest BCUT2D eigenvalue weighted by atomic mass is 16.5. The summed E-state index contributed by atoms with van der Waals surface area (Å²) in [7, 11) is 6.42. The first-order valence-electron chi connectivity index (χ1n) is 6.44. The summed E-state index contributed by atoms with van der Waals surface area (Å²) in [6, 6.07) is 11.3. The van der Waals surface area contributed by atoms with E-state index in [0.29, 0.717) is 23.0 Å². The molecule has 0 aliphatic rings. The van der Waals surface area contributed by atoms with E-state index >= 15 is 0 Å². The maximum absolute atomic E-state index is 5.41. The third kappa shape index (κ3) is 2.97. The normalized spacial score (nSPS) is 9.90. The summed E-state index contributed by atoms with van der Waals surface area (Å²) in [4.78, 5) is 0. The highest BCUT2D eigenvalue weighted by molar-refractivity contribution is 5.75. The molecule has 5 heteroatoms. The molecule has 0 aromatic heterocycles. The zero-order chi connectivity index (χ0) is 15.2. The van der Waals surface area contributed by atoms with Gasteiger partial charge in [-0.1, -0.05) is 12.1 Å². The van der Waals surface area contributed by atoms with Gasteiger partial charge in [-0.15, -0.1) is 0 Å². The largest absolute Gasteiger partial charge is 0.493 e. The fraction of sp³-hybridized carbons (Fsp3) is 0.250. The molecule has 0 saturated heterocycles. The molecule has 112 valence electrons. The van der Waals surface area contributed by atoms with Gasteiger partial charge in [-0.2, -0.15) is 0 Å². The van der Waals surface area contributed by atoms with E-state index in [1.54, 1.807) is 28.4 Å². The van der Waals surface area contributed by atoms with Gasteiger partial charge >= 0.3 is 0 Å². The first-order valence-corrected chi connectivity index (χ1v) is 6.44. The van der Waals surface area contributed by atoms with E-state index in [-0.39, 0.29) is 0 Å². The second-order valence-corrected chi connectivity index (χ2v) is 4.21. The number of nitrogens with one attached hydrogen (secondary N) is 1. The monoisotopic (exact) mass is 289 g/mol. The van der Waals surface area contributed by atoms with Crippen LogP contribution in [-0.2, 0) is 0 Å². The predicted molar refractivity (Wildman–Crippen MR) is 82.4 cm³/mol. The van der Waals surface area contributed by atoms with Crippen molar-refractivity contribution >= 4 is 11.4 Å². The molecule has 0 bridgehead atoms. The number of hydrogen-bond donors (Lipinski definition) is 1. The summed E-state index contributed by atoms with van der Waals surface area (Å²) in [6.45, 7) is 0. The van der Waals surface area contributed by atoms with Gasteiger partial charge in [0.1, 0.15) is 0 Å². The van der Waals surface area contributed by atoms with E-state index in [9.17, 15) is 0 Å². The Balaban J connectivity index is 2.43. The van der Waals surface area contributed by atoms with Gasteiger partial charge < -0.3 is 24.3 Å². The van der Waals surface area contributed by atoms with Gasteiger partial charge in [-0.05, 0) is 24.3 Å². The molecule has 0 saturated carbocycles. The molecule has 0 fully saturated rings. The number of benzene rings is 2. The van der Waals surface area contributed by atoms with Crippen molar-refractivity contribution in [3.8, 4) is 23.0 Å². The van der Waals surface area contributed by atoms with Crippen molar-refractivity contribution < 1.29 is 18.9 Å². The Morgan fingerprint density at radius 2 is 1.05 bits per heavy atom. The first kappa shape index (κ1) is 14.8. The first-order chi connectivity index (χ1) is 10.2. The molecule has 0 atom stereocenters. The molecule has 0 aliphatic heterocycles. The number of anilines is 2. The van der Waals surface area contributed by atoms with Gasteiger partial charge in [-0.3, -0.25) is 0 Å².